The van der Waals surface area contributed by atoms with Crippen LogP contribution in [0.2, 0.25) is 5.02 Å². The molecule has 0 spiro atoms. The van der Waals surface area contributed by atoms with Crippen molar-refractivity contribution >= 4 is 56.2 Å². The van der Waals surface area contributed by atoms with E-state index in [2.05, 4.69) is 15.8 Å². The summed E-state index contributed by atoms with van der Waals surface area (Å²) in [6, 6.07) is 14.7. The number of hydrogen-bond donors (Lipinski definition) is 2. The highest BCUT2D eigenvalue weighted by molar-refractivity contribution is 7.21. The molecule has 2 heterocycles. The van der Waals surface area contributed by atoms with Gasteiger partial charge in [0, 0.05) is 15.8 Å². The van der Waals surface area contributed by atoms with Crippen LogP contribution in [0.3, 0.4) is 0 Å². The Balaban J connectivity index is 1.44. The van der Waals surface area contributed by atoms with Crippen molar-refractivity contribution in [2.24, 2.45) is 5.10 Å². The zero-order chi connectivity index (χ0) is 22.8. The molecular weight excluding hydrogens is 446 g/mol. The molecular formula is C24H20ClN3O3S. The van der Waals surface area contributed by atoms with Gasteiger partial charge in [-0.2, -0.15) is 5.10 Å². The van der Waals surface area contributed by atoms with Crippen molar-refractivity contribution in [2.75, 3.05) is 5.32 Å². The second kappa shape index (κ2) is 8.98. The number of anilines is 1. The molecule has 0 saturated heterocycles. The minimum Gasteiger partial charge on any atom is -0.469 e. The zero-order valence-electron chi connectivity index (χ0n) is 17.7. The summed E-state index contributed by atoms with van der Waals surface area (Å²) in [6.07, 6.45) is 1.48. The lowest BCUT2D eigenvalue weighted by molar-refractivity contribution is 0.0958. The van der Waals surface area contributed by atoms with Gasteiger partial charge in [-0.05, 0) is 56.2 Å². The van der Waals surface area contributed by atoms with Crippen molar-refractivity contribution in [1.29, 1.82) is 0 Å². The van der Waals surface area contributed by atoms with Gasteiger partial charge in [-0.15, -0.1) is 11.3 Å². The van der Waals surface area contributed by atoms with E-state index in [0.717, 1.165) is 21.2 Å². The molecule has 4 aromatic rings. The van der Waals surface area contributed by atoms with Gasteiger partial charge in [-0.1, -0.05) is 35.9 Å². The number of rotatable bonds is 5. The van der Waals surface area contributed by atoms with Gasteiger partial charge in [-0.3, -0.25) is 9.59 Å². The van der Waals surface area contributed by atoms with Crippen LogP contribution in [0.25, 0.3) is 10.1 Å². The Labute approximate surface area is 193 Å². The number of hydrazone groups is 1. The van der Waals surface area contributed by atoms with E-state index in [1.165, 1.54) is 17.6 Å². The molecule has 0 radical (unpaired) electrons. The summed E-state index contributed by atoms with van der Waals surface area (Å²) in [5.41, 5.74) is 6.25. The summed E-state index contributed by atoms with van der Waals surface area (Å²) in [5.74, 6) is -0.0312. The third-order valence-electron chi connectivity index (χ3n) is 4.98. The second-order valence-corrected chi connectivity index (χ2v) is 8.74. The average Bonchev–Trinajstić information content (AvgIpc) is 3.35. The smallest absolute Gasteiger partial charge is 0.283 e. The highest BCUT2D eigenvalue weighted by Gasteiger charge is 2.17. The van der Waals surface area contributed by atoms with Gasteiger partial charge in [0.1, 0.15) is 10.6 Å². The van der Waals surface area contributed by atoms with E-state index in [4.69, 9.17) is 16.0 Å². The highest BCUT2D eigenvalue weighted by atomic mass is 35.5. The molecule has 0 atom stereocenters. The van der Waals surface area contributed by atoms with Crippen LogP contribution in [0.4, 0.5) is 5.69 Å². The normalized spacial score (nSPS) is 11.6. The van der Waals surface area contributed by atoms with Crippen LogP contribution < -0.4 is 10.7 Å². The van der Waals surface area contributed by atoms with Crippen molar-refractivity contribution in [1.82, 2.24) is 5.43 Å². The van der Waals surface area contributed by atoms with Gasteiger partial charge in [0.15, 0.2) is 0 Å². The van der Waals surface area contributed by atoms with E-state index in [9.17, 15) is 9.59 Å². The predicted octanol–water partition coefficient (Wildman–Crippen LogP) is 6.17. The Morgan fingerprint density at radius 3 is 2.47 bits per heavy atom. The number of furan rings is 1. The zero-order valence-corrected chi connectivity index (χ0v) is 19.2. The number of carbonyl (C=O) groups excluding carboxylic acids is 2. The summed E-state index contributed by atoms with van der Waals surface area (Å²) in [6.45, 7) is 5.52. The molecule has 0 fully saturated rings. The number of halogens is 1. The summed E-state index contributed by atoms with van der Waals surface area (Å²) in [4.78, 5) is 25.3. The maximum atomic E-state index is 12.6. The summed E-state index contributed by atoms with van der Waals surface area (Å²) in [7, 11) is 0. The maximum Gasteiger partial charge on any atom is 0.283 e. The standard InChI is InChI=1S/C24H20ClN3O3S/c1-13-4-9-19-20(12-13)32-22(21(19)25)24(30)28-27-14(2)16-5-7-17(8-6-16)26-23(29)18-10-11-31-15(18)3/h4-12H,1-3H3,(H,26,29)(H,28,30)/b27-14+. The quantitative estimate of drug-likeness (QED) is 0.273. The molecule has 0 aliphatic heterocycles. The number of aryl methyl sites for hydroxylation is 2. The second-order valence-electron chi connectivity index (χ2n) is 7.30. The number of benzene rings is 2. The van der Waals surface area contributed by atoms with Gasteiger partial charge in [0.2, 0.25) is 0 Å². The van der Waals surface area contributed by atoms with Crippen LogP contribution in [-0.4, -0.2) is 17.5 Å². The molecule has 2 amide bonds. The first-order chi connectivity index (χ1) is 15.3. The fourth-order valence-corrected chi connectivity index (χ4v) is 4.69. The Bertz CT molecular complexity index is 1350. The molecule has 2 aromatic carbocycles. The number of carbonyl (C=O) groups is 2. The largest absolute Gasteiger partial charge is 0.469 e. The minimum absolute atomic E-state index is 0.239. The molecule has 0 saturated carbocycles. The number of fused-ring (bicyclic) bond motifs is 1. The number of hydrogen-bond acceptors (Lipinski definition) is 5. The first kappa shape index (κ1) is 21.8. The van der Waals surface area contributed by atoms with E-state index >= 15 is 0 Å². The predicted molar refractivity (Wildman–Crippen MR) is 129 cm³/mol. The SMILES string of the molecule is C/C(=N\NC(=O)c1sc2cc(C)ccc2c1Cl)c1ccc(NC(=O)c2ccoc2C)cc1. The van der Waals surface area contributed by atoms with Crippen LogP contribution in [-0.2, 0) is 0 Å². The van der Waals surface area contributed by atoms with E-state index < -0.39 is 0 Å². The fourth-order valence-electron chi connectivity index (χ4n) is 3.18. The summed E-state index contributed by atoms with van der Waals surface area (Å²) < 4.78 is 6.13. The lowest BCUT2D eigenvalue weighted by atomic mass is 10.1. The Morgan fingerprint density at radius 1 is 1.03 bits per heavy atom. The van der Waals surface area contributed by atoms with Crippen LogP contribution >= 0.6 is 22.9 Å². The lowest BCUT2D eigenvalue weighted by Gasteiger charge is -2.06. The first-order valence-corrected chi connectivity index (χ1v) is 11.0. The Hall–Kier alpha value is -3.42. The van der Waals surface area contributed by atoms with Crippen LogP contribution in [0.5, 0.6) is 0 Å². The minimum atomic E-state index is -0.354. The van der Waals surface area contributed by atoms with Gasteiger partial charge >= 0.3 is 0 Å². The first-order valence-electron chi connectivity index (χ1n) is 9.82. The van der Waals surface area contributed by atoms with Gasteiger partial charge in [0.25, 0.3) is 11.8 Å². The number of nitrogens with zero attached hydrogens (tertiary/aromatic N) is 1. The third kappa shape index (κ3) is 4.44. The van der Waals surface area contributed by atoms with E-state index in [1.807, 2.05) is 37.3 Å². The van der Waals surface area contributed by atoms with Crippen LogP contribution in [0, 0.1) is 13.8 Å². The molecule has 2 aromatic heterocycles. The molecule has 162 valence electrons. The van der Waals surface area contributed by atoms with Crippen LogP contribution in [0.1, 0.15) is 43.8 Å². The monoisotopic (exact) mass is 465 g/mol. The highest BCUT2D eigenvalue weighted by Crippen LogP contribution is 2.35. The number of thiophene rings is 1. The number of amides is 2. The van der Waals surface area contributed by atoms with Crippen molar-refractivity contribution in [2.45, 2.75) is 20.8 Å². The number of nitrogens with one attached hydrogen (secondary N) is 2. The van der Waals surface area contributed by atoms with Crippen molar-refractivity contribution < 1.29 is 14.0 Å². The fraction of sp³-hybridized carbons (Fsp3) is 0.125. The molecule has 0 aliphatic carbocycles. The molecule has 0 unspecified atom stereocenters. The topological polar surface area (TPSA) is 83.7 Å². The van der Waals surface area contributed by atoms with Gasteiger partial charge in [-0.25, -0.2) is 5.43 Å². The van der Waals surface area contributed by atoms with Crippen molar-refractivity contribution in [3.05, 3.63) is 87.1 Å². The van der Waals surface area contributed by atoms with E-state index in [1.54, 1.807) is 32.0 Å². The van der Waals surface area contributed by atoms with E-state index in [-0.39, 0.29) is 11.8 Å². The van der Waals surface area contributed by atoms with E-state index in [0.29, 0.717) is 32.6 Å². The van der Waals surface area contributed by atoms with Gasteiger partial charge < -0.3 is 9.73 Å². The average molecular weight is 466 g/mol. The van der Waals surface area contributed by atoms with Crippen molar-refractivity contribution in [3.63, 3.8) is 0 Å². The molecule has 0 aliphatic rings. The summed E-state index contributed by atoms with van der Waals surface area (Å²) >= 11 is 7.74. The van der Waals surface area contributed by atoms with Crippen LogP contribution in [0.15, 0.2) is 64.3 Å². The summed E-state index contributed by atoms with van der Waals surface area (Å²) in [5, 5.41) is 8.32. The maximum absolute atomic E-state index is 12.6. The molecule has 0 bridgehead atoms. The molecule has 6 nitrogen and oxygen atoms in total. The Morgan fingerprint density at radius 2 is 1.78 bits per heavy atom. The lowest BCUT2D eigenvalue weighted by Crippen LogP contribution is -2.18. The third-order valence-corrected chi connectivity index (χ3v) is 6.64. The molecule has 4 rings (SSSR count). The van der Waals surface area contributed by atoms with Gasteiger partial charge in [0.05, 0.1) is 22.6 Å². The molecule has 2 N–H and O–H groups in total. The molecule has 8 heteroatoms. The Kier molecular flexibility index (Phi) is 6.12. The van der Waals surface area contributed by atoms with Crippen molar-refractivity contribution in [3.8, 4) is 0 Å². The molecule has 32 heavy (non-hydrogen) atoms.